The van der Waals surface area contributed by atoms with E-state index in [0.717, 1.165) is 0 Å². The number of hydrogen-bond donors (Lipinski definition) is 2. The van der Waals surface area contributed by atoms with Gasteiger partial charge in [-0.1, -0.05) is 0 Å². The molecule has 1 atom stereocenters. The van der Waals surface area contributed by atoms with Crippen LogP contribution < -0.4 is 5.32 Å². The molecule has 0 aliphatic rings. The van der Waals surface area contributed by atoms with Crippen LogP contribution in [0.15, 0.2) is 12.4 Å². The first-order chi connectivity index (χ1) is 8.69. The Kier molecular flexibility index (Phi) is 4.35. The van der Waals surface area contributed by atoms with Crippen LogP contribution >= 0.6 is 0 Å². The molecule has 2 N–H and O–H groups in total. The number of carboxylic acids is 1. The number of carbonyl (C=O) groups excluding carboxylic acids is 1. The second kappa shape index (κ2) is 5.59. The van der Waals surface area contributed by atoms with Gasteiger partial charge in [0.2, 0.25) is 0 Å². The van der Waals surface area contributed by atoms with Crippen LogP contribution in [-0.2, 0) is 16.6 Å². The zero-order chi connectivity index (χ0) is 14.6. The fourth-order valence-electron chi connectivity index (χ4n) is 1.18. The lowest BCUT2D eigenvalue weighted by Gasteiger charge is -2.13. The Bertz CT molecular complexity index is 472. The highest BCUT2D eigenvalue weighted by Crippen LogP contribution is 2.16. The predicted octanol–water partition coefficient (Wildman–Crippen LogP) is 0.834. The molecule has 106 valence electrons. The lowest BCUT2D eigenvalue weighted by atomic mass is 10.2. The second-order valence-electron chi connectivity index (χ2n) is 3.55. The number of alkyl carbamates (subject to hydrolysis) is 1. The summed E-state index contributed by atoms with van der Waals surface area (Å²) in [5, 5.41) is 14.4. The van der Waals surface area contributed by atoms with Crippen molar-refractivity contribution in [1.29, 1.82) is 0 Å². The van der Waals surface area contributed by atoms with Gasteiger partial charge in [-0.25, -0.2) is 9.59 Å². The Morgan fingerprint density at radius 3 is 2.63 bits per heavy atom. The fourth-order valence-corrected chi connectivity index (χ4v) is 1.18. The second-order valence-corrected chi connectivity index (χ2v) is 3.55. The Morgan fingerprint density at radius 2 is 2.21 bits per heavy atom. The molecule has 1 heterocycles. The van der Waals surface area contributed by atoms with Gasteiger partial charge in [0.15, 0.2) is 12.6 Å². The van der Waals surface area contributed by atoms with E-state index in [1.807, 2.05) is 0 Å². The Balaban J connectivity index is 2.65. The van der Waals surface area contributed by atoms with Crippen molar-refractivity contribution >= 4 is 12.1 Å². The maximum absolute atomic E-state index is 11.8. The first-order valence-corrected chi connectivity index (χ1v) is 4.90. The summed E-state index contributed by atoms with van der Waals surface area (Å²) in [6.45, 7) is -1.79. The quantitative estimate of drug-likeness (QED) is 0.852. The number of aryl methyl sites for hydroxylation is 1. The first kappa shape index (κ1) is 14.8. The van der Waals surface area contributed by atoms with Crippen molar-refractivity contribution < 1.29 is 32.6 Å². The molecule has 1 aromatic rings. The molecule has 0 saturated heterocycles. The molecule has 1 amide bonds. The maximum Gasteiger partial charge on any atom is 0.422 e. The zero-order valence-electron chi connectivity index (χ0n) is 9.64. The molecule has 1 unspecified atom stereocenters. The van der Waals surface area contributed by atoms with Crippen LogP contribution in [0.1, 0.15) is 11.6 Å². The van der Waals surface area contributed by atoms with Crippen molar-refractivity contribution in [2.45, 2.75) is 12.2 Å². The van der Waals surface area contributed by atoms with E-state index in [0.29, 0.717) is 0 Å². The van der Waals surface area contributed by atoms with Crippen molar-refractivity contribution in [3.05, 3.63) is 18.0 Å². The number of nitrogens with zero attached hydrogens (tertiary/aromatic N) is 2. The summed E-state index contributed by atoms with van der Waals surface area (Å²) < 4.78 is 40.5. The van der Waals surface area contributed by atoms with E-state index < -0.39 is 30.9 Å². The van der Waals surface area contributed by atoms with Crippen LogP contribution in [-0.4, -0.2) is 39.7 Å². The first-order valence-electron chi connectivity index (χ1n) is 4.90. The summed E-state index contributed by atoms with van der Waals surface area (Å²) in [5.74, 6) is -1.45. The van der Waals surface area contributed by atoms with Crippen LogP contribution in [0.5, 0.6) is 0 Å². The van der Waals surface area contributed by atoms with E-state index in [1.54, 1.807) is 5.32 Å². The molecule has 0 bridgehead atoms. The van der Waals surface area contributed by atoms with Crippen LogP contribution in [0.2, 0.25) is 0 Å². The van der Waals surface area contributed by atoms with Gasteiger partial charge < -0.3 is 15.2 Å². The molecular weight excluding hydrogens is 271 g/mol. The van der Waals surface area contributed by atoms with Gasteiger partial charge in [0.1, 0.15) is 0 Å². The van der Waals surface area contributed by atoms with Gasteiger partial charge in [-0.05, 0) is 0 Å². The monoisotopic (exact) mass is 281 g/mol. The van der Waals surface area contributed by atoms with Crippen LogP contribution in [0.3, 0.4) is 0 Å². The third-order valence-electron chi connectivity index (χ3n) is 1.93. The highest BCUT2D eigenvalue weighted by atomic mass is 19.4. The van der Waals surface area contributed by atoms with Gasteiger partial charge in [0.25, 0.3) is 0 Å². The number of carbonyl (C=O) groups is 2. The van der Waals surface area contributed by atoms with E-state index in [9.17, 15) is 22.8 Å². The molecule has 0 aliphatic heterocycles. The number of aliphatic carboxylic acids is 1. The van der Waals surface area contributed by atoms with E-state index in [4.69, 9.17) is 5.11 Å². The number of rotatable bonds is 4. The molecule has 0 saturated carbocycles. The number of nitrogens with one attached hydrogen (secondary N) is 1. The number of amides is 1. The van der Waals surface area contributed by atoms with E-state index in [2.05, 4.69) is 9.84 Å². The summed E-state index contributed by atoms with van der Waals surface area (Å²) in [6.07, 6.45) is -3.68. The third kappa shape index (κ3) is 4.85. The molecule has 10 heteroatoms. The van der Waals surface area contributed by atoms with Crippen molar-refractivity contribution in [3.8, 4) is 0 Å². The van der Waals surface area contributed by atoms with Gasteiger partial charge in [0, 0.05) is 18.8 Å². The van der Waals surface area contributed by atoms with E-state index >= 15 is 0 Å². The van der Waals surface area contributed by atoms with Crippen molar-refractivity contribution in [1.82, 2.24) is 15.1 Å². The summed E-state index contributed by atoms with van der Waals surface area (Å²) in [6, 6.07) is -1.53. The largest absolute Gasteiger partial charge is 0.479 e. The van der Waals surface area contributed by atoms with E-state index in [-0.39, 0.29) is 5.56 Å². The van der Waals surface area contributed by atoms with Crippen molar-refractivity contribution in [2.24, 2.45) is 7.05 Å². The number of halogens is 3. The Labute approximate surface area is 105 Å². The fraction of sp³-hybridized carbons (Fsp3) is 0.444. The number of ether oxygens (including phenoxy) is 1. The molecule has 0 radical (unpaired) electrons. The lowest BCUT2D eigenvalue weighted by molar-refractivity contribution is -0.160. The molecule has 0 aliphatic carbocycles. The van der Waals surface area contributed by atoms with Crippen molar-refractivity contribution in [3.63, 3.8) is 0 Å². The summed E-state index contributed by atoms with van der Waals surface area (Å²) in [7, 11) is 1.52. The number of hydrogen-bond acceptors (Lipinski definition) is 4. The average molecular weight is 281 g/mol. The Hall–Kier alpha value is -2.26. The molecule has 0 fully saturated rings. The summed E-state index contributed by atoms with van der Waals surface area (Å²) in [4.78, 5) is 22.0. The highest BCUT2D eigenvalue weighted by Gasteiger charge is 2.31. The number of alkyl halides is 3. The highest BCUT2D eigenvalue weighted by molar-refractivity contribution is 5.81. The van der Waals surface area contributed by atoms with Crippen LogP contribution in [0, 0.1) is 0 Å². The van der Waals surface area contributed by atoms with Crippen LogP contribution in [0.25, 0.3) is 0 Å². The Morgan fingerprint density at radius 1 is 1.58 bits per heavy atom. The topological polar surface area (TPSA) is 93.5 Å². The van der Waals surface area contributed by atoms with Gasteiger partial charge in [-0.3, -0.25) is 4.68 Å². The lowest BCUT2D eigenvalue weighted by Crippen LogP contribution is -2.35. The van der Waals surface area contributed by atoms with Gasteiger partial charge in [0.05, 0.1) is 6.20 Å². The summed E-state index contributed by atoms with van der Waals surface area (Å²) >= 11 is 0. The van der Waals surface area contributed by atoms with E-state index in [1.165, 1.54) is 24.1 Å². The summed E-state index contributed by atoms with van der Waals surface area (Å²) in [5.41, 5.74) is 0.110. The predicted molar refractivity (Wildman–Crippen MR) is 54.1 cm³/mol. The molecule has 19 heavy (non-hydrogen) atoms. The minimum Gasteiger partial charge on any atom is -0.479 e. The third-order valence-corrected chi connectivity index (χ3v) is 1.93. The smallest absolute Gasteiger partial charge is 0.422 e. The number of carboxylic acid groups (broad SMARTS) is 1. The molecule has 1 aromatic heterocycles. The minimum atomic E-state index is -4.68. The zero-order valence-corrected chi connectivity index (χ0v) is 9.64. The van der Waals surface area contributed by atoms with Crippen molar-refractivity contribution in [2.75, 3.05) is 6.61 Å². The van der Waals surface area contributed by atoms with Gasteiger partial charge in [-0.2, -0.15) is 18.3 Å². The number of aromatic nitrogens is 2. The molecule has 0 spiro atoms. The normalized spacial score (nSPS) is 12.8. The molecule has 1 rings (SSSR count). The minimum absolute atomic E-state index is 0.110. The van der Waals surface area contributed by atoms with Crippen LogP contribution in [0.4, 0.5) is 18.0 Å². The molecular formula is C9H10F3N3O4. The van der Waals surface area contributed by atoms with Gasteiger partial charge >= 0.3 is 18.2 Å². The maximum atomic E-state index is 11.8. The SMILES string of the molecule is Cn1cc(C(NC(=O)OCC(F)(F)F)C(=O)O)cn1. The standard InChI is InChI=1S/C9H10F3N3O4/c1-15-3-5(2-13-15)6(7(16)17)14-8(18)19-4-9(10,11)12/h2-3,6H,4H2,1H3,(H,14,18)(H,16,17). The molecule has 7 nitrogen and oxygen atoms in total. The average Bonchev–Trinajstić information content (AvgIpc) is 2.68. The van der Waals surface area contributed by atoms with Gasteiger partial charge in [-0.15, -0.1) is 0 Å². The molecule has 0 aromatic carbocycles.